The van der Waals surface area contributed by atoms with Crippen molar-refractivity contribution in [2.75, 3.05) is 13.1 Å². The molecule has 2 aromatic heterocycles. The second-order valence-electron chi connectivity index (χ2n) is 6.00. The number of carbonyl (C=O) groups is 2. The summed E-state index contributed by atoms with van der Waals surface area (Å²) in [4.78, 5) is 26.6. The number of H-pyrrole nitrogens is 1. The van der Waals surface area contributed by atoms with Crippen LogP contribution >= 0.6 is 11.3 Å². The van der Waals surface area contributed by atoms with E-state index in [2.05, 4.69) is 10.2 Å². The number of β-amino-alcohol motifs (C(OH)–C–C–N with tert-alkyl or cyclic N) is 1. The number of likely N-dealkylation sites (tertiary alicyclic amines) is 1. The van der Waals surface area contributed by atoms with Gasteiger partial charge in [-0.15, -0.1) is 11.3 Å². The second kappa shape index (κ2) is 6.25. The Morgan fingerprint density at radius 1 is 1.39 bits per heavy atom. The first-order valence-electron chi connectivity index (χ1n) is 7.53. The molecule has 3 heterocycles. The molecule has 122 valence electrons. The molecular weight excluding hydrogens is 314 g/mol. The van der Waals surface area contributed by atoms with Crippen LogP contribution in [0.5, 0.6) is 0 Å². The number of nitrogens with zero attached hydrogens (tertiary/aromatic N) is 2. The summed E-state index contributed by atoms with van der Waals surface area (Å²) in [6, 6.07) is 5.31. The average molecular weight is 333 g/mol. The van der Waals surface area contributed by atoms with Gasteiger partial charge in [0.05, 0.1) is 21.6 Å². The Bertz CT molecular complexity index is 737. The molecule has 0 bridgehead atoms. The minimum Gasteiger partial charge on any atom is -0.391 e. The maximum Gasteiger partial charge on any atom is 0.264 e. The number of aromatic nitrogens is 2. The standard InChI is InChI=1S/C16H19N3O3S/c1-9-5-12(18-17-9)6-11-7-19(8-13(11)21)16(22)15-4-3-14(23-15)10(2)20/h3-5,11,13,21H,6-8H2,1-2H3,(H,17,18)/t11-,13-/m1/s1. The molecule has 0 aliphatic carbocycles. The van der Waals surface area contributed by atoms with Gasteiger partial charge in [-0.25, -0.2) is 0 Å². The summed E-state index contributed by atoms with van der Waals surface area (Å²) in [7, 11) is 0. The Kier molecular flexibility index (Phi) is 4.32. The fraction of sp³-hybridized carbons (Fsp3) is 0.438. The summed E-state index contributed by atoms with van der Waals surface area (Å²) < 4.78 is 0. The largest absolute Gasteiger partial charge is 0.391 e. The molecule has 1 amide bonds. The molecule has 2 aromatic rings. The van der Waals surface area contributed by atoms with Crippen molar-refractivity contribution in [3.63, 3.8) is 0 Å². The normalized spacial score (nSPS) is 20.9. The van der Waals surface area contributed by atoms with Gasteiger partial charge in [0, 0.05) is 24.7 Å². The molecule has 1 aliphatic rings. The third kappa shape index (κ3) is 3.35. The fourth-order valence-electron chi connectivity index (χ4n) is 2.87. The van der Waals surface area contributed by atoms with Gasteiger partial charge in [0.25, 0.3) is 5.91 Å². The topological polar surface area (TPSA) is 86.3 Å². The van der Waals surface area contributed by atoms with Crippen molar-refractivity contribution in [2.45, 2.75) is 26.4 Å². The van der Waals surface area contributed by atoms with Gasteiger partial charge < -0.3 is 10.0 Å². The summed E-state index contributed by atoms with van der Waals surface area (Å²) in [5.74, 6) is -0.182. The molecule has 0 spiro atoms. The van der Waals surface area contributed by atoms with Crippen LogP contribution < -0.4 is 0 Å². The number of hydrogen-bond donors (Lipinski definition) is 2. The minimum atomic E-state index is -0.553. The van der Waals surface area contributed by atoms with Gasteiger partial charge in [-0.05, 0) is 38.5 Å². The molecule has 23 heavy (non-hydrogen) atoms. The van der Waals surface area contributed by atoms with Crippen molar-refractivity contribution in [1.82, 2.24) is 15.1 Å². The van der Waals surface area contributed by atoms with E-state index in [-0.39, 0.29) is 17.6 Å². The molecule has 2 N–H and O–H groups in total. The van der Waals surface area contributed by atoms with E-state index in [1.54, 1.807) is 17.0 Å². The van der Waals surface area contributed by atoms with Crippen LogP contribution in [0.3, 0.4) is 0 Å². The molecule has 1 fully saturated rings. The summed E-state index contributed by atoms with van der Waals surface area (Å²) in [5, 5.41) is 17.3. The van der Waals surface area contributed by atoms with Crippen molar-refractivity contribution in [3.8, 4) is 0 Å². The Morgan fingerprint density at radius 2 is 2.13 bits per heavy atom. The molecule has 3 rings (SSSR count). The van der Waals surface area contributed by atoms with Crippen LogP contribution in [0.25, 0.3) is 0 Å². The third-order valence-corrected chi connectivity index (χ3v) is 5.26. The number of Topliss-reactive ketones (excluding diaryl/α,β-unsaturated/α-hetero) is 1. The lowest BCUT2D eigenvalue weighted by atomic mass is 10.0. The lowest BCUT2D eigenvalue weighted by molar-refractivity contribution is 0.0769. The van der Waals surface area contributed by atoms with Gasteiger partial charge in [0.1, 0.15) is 0 Å². The number of hydrogen-bond acceptors (Lipinski definition) is 5. The van der Waals surface area contributed by atoms with E-state index in [0.29, 0.717) is 29.3 Å². The fourth-order valence-corrected chi connectivity index (χ4v) is 3.74. The van der Waals surface area contributed by atoms with Crippen LogP contribution in [-0.2, 0) is 6.42 Å². The summed E-state index contributed by atoms with van der Waals surface area (Å²) >= 11 is 1.21. The van der Waals surface area contributed by atoms with Crippen molar-refractivity contribution in [2.24, 2.45) is 5.92 Å². The van der Waals surface area contributed by atoms with Gasteiger partial charge in [0.2, 0.25) is 0 Å². The smallest absolute Gasteiger partial charge is 0.264 e. The molecule has 6 nitrogen and oxygen atoms in total. The van der Waals surface area contributed by atoms with Gasteiger partial charge in [0.15, 0.2) is 5.78 Å². The first-order chi connectivity index (χ1) is 10.9. The van der Waals surface area contributed by atoms with Crippen molar-refractivity contribution in [3.05, 3.63) is 39.3 Å². The Morgan fingerprint density at radius 3 is 2.74 bits per heavy atom. The number of thiophene rings is 1. The van der Waals surface area contributed by atoms with Gasteiger partial charge in [-0.2, -0.15) is 5.10 Å². The molecule has 0 radical (unpaired) electrons. The molecule has 0 unspecified atom stereocenters. The predicted molar refractivity (Wildman–Crippen MR) is 86.8 cm³/mol. The van der Waals surface area contributed by atoms with Crippen LogP contribution in [0.15, 0.2) is 18.2 Å². The van der Waals surface area contributed by atoms with E-state index in [9.17, 15) is 14.7 Å². The van der Waals surface area contributed by atoms with Gasteiger partial charge in [-0.1, -0.05) is 0 Å². The number of carbonyl (C=O) groups excluding carboxylic acids is 2. The van der Waals surface area contributed by atoms with E-state index in [4.69, 9.17) is 0 Å². The number of aromatic amines is 1. The zero-order valence-corrected chi connectivity index (χ0v) is 13.9. The van der Waals surface area contributed by atoms with E-state index in [1.807, 2.05) is 13.0 Å². The molecule has 1 aliphatic heterocycles. The highest BCUT2D eigenvalue weighted by Gasteiger charge is 2.35. The Hall–Kier alpha value is -1.99. The summed E-state index contributed by atoms with van der Waals surface area (Å²) in [5.41, 5.74) is 1.88. The number of ketones is 1. The number of aryl methyl sites for hydroxylation is 1. The first kappa shape index (κ1) is 15.9. The number of nitrogens with one attached hydrogen (secondary N) is 1. The van der Waals surface area contributed by atoms with Crippen molar-refractivity contribution >= 4 is 23.0 Å². The number of amides is 1. The van der Waals surface area contributed by atoms with Crippen molar-refractivity contribution in [1.29, 1.82) is 0 Å². The molecule has 1 saturated heterocycles. The number of aliphatic hydroxyl groups excluding tert-OH is 1. The molecule has 0 saturated carbocycles. The van der Waals surface area contributed by atoms with E-state index in [0.717, 1.165) is 11.4 Å². The zero-order valence-electron chi connectivity index (χ0n) is 13.1. The van der Waals surface area contributed by atoms with E-state index >= 15 is 0 Å². The van der Waals surface area contributed by atoms with Crippen LogP contribution in [0, 0.1) is 12.8 Å². The third-order valence-electron chi connectivity index (χ3n) is 4.09. The SMILES string of the molecule is CC(=O)c1ccc(C(=O)N2C[C@@H](Cc3cc(C)[nH]n3)[C@H](O)C2)s1. The molecular formula is C16H19N3O3S. The second-order valence-corrected chi connectivity index (χ2v) is 7.09. The predicted octanol–water partition coefficient (Wildman–Crippen LogP) is 1.66. The lowest BCUT2D eigenvalue weighted by Crippen LogP contribution is -2.28. The highest BCUT2D eigenvalue weighted by Crippen LogP contribution is 2.25. The molecule has 0 aromatic carbocycles. The summed E-state index contributed by atoms with van der Waals surface area (Å²) in [6.45, 7) is 4.24. The van der Waals surface area contributed by atoms with Gasteiger partial charge in [-0.3, -0.25) is 14.7 Å². The van der Waals surface area contributed by atoms with E-state index in [1.165, 1.54) is 18.3 Å². The highest BCUT2D eigenvalue weighted by atomic mass is 32.1. The molecule has 2 atom stereocenters. The minimum absolute atomic E-state index is 0.0195. The average Bonchev–Trinajstić information content (AvgIpc) is 3.20. The number of rotatable bonds is 4. The lowest BCUT2D eigenvalue weighted by Gasteiger charge is -2.14. The maximum atomic E-state index is 12.5. The van der Waals surface area contributed by atoms with Crippen LogP contribution in [0.2, 0.25) is 0 Å². The quantitative estimate of drug-likeness (QED) is 0.833. The van der Waals surface area contributed by atoms with Crippen LogP contribution in [0.4, 0.5) is 0 Å². The Balaban J connectivity index is 1.67. The summed E-state index contributed by atoms with van der Waals surface area (Å²) in [6.07, 6.45) is 0.0847. The van der Waals surface area contributed by atoms with Crippen LogP contribution in [0.1, 0.15) is 37.7 Å². The van der Waals surface area contributed by atoms with E-state index < -0.39 is 6.10 Å². The molecule has 7 heteroatoms. The maximum absolute atomic E-state index is 12.5. The zero-order chi connectivity index (χ0) is 16.6. The van der Waals surface area contributed by atoms with Gasteiger partial charge >= 0.3 is 0 Å². The highest BCUT2D eigenvalue weighted by molar-refractivity contribution is 7.15. The monoisotopic (exact) mass is 333 g/mol. The Labute approximate surface area is 138 Å². The van der Waals surface area contributed by atoms with Crippen LogP contribution in [-0.4, -0.2) is 51.1 Å². The first-order valence-corrected chi connectivity index (χ1v) is 8.34. The number of aliphatic hydroxyl groups is 1. The van der Waals surface area contributed by atoms with Crippen molar-refractivity contribution < 1.29 is 14.7 Å².